The van der Waals surface area contributed by atoms with Gasteiger partial charge in [0.2, 0.25) is 17.7 Å². The number of carbonyl (C=O) groups excluding carboxylic acids is 4. The number of alkyl carbamates (subject to hydrolysis) is 1. The Kier molecular flexibility index (Phi) is 15.6. The highest BCUT2D eigenvalue weighted by atomic mass is 16.6. The molecule has 0 aliphatic heterocycles. The Morgan fingerprint density at radius 1 is 1.00 bits per heavy atom. The lowest BCUT2D eigenvalue weighted by Crippen LogP contribution is -2.54. The second-order valence-electron chi connectivity index (χ2n) is 11.5. The number of carbonyl (C=O) groups is 4. The van der Waals surface area contributed by atoms with Crippen LogP contribution in [0.4, 0.5) is 4.79 Å². The number of benzene rings is 1. The van der Waals surface area contributed by atoms with Crippen LogP contribution in [-0.4, -0.2) is 52.9 Å². The van der Waals surface area contributed by atoms with E-state index in [0.717, 1.165) is 44.9 Å². The van der Waals surface area contributed by atoms with E-state index in [4.69, 9.17) is 16.9 Å². The van der Waals surface area contributed by atoms with Gasteiger partial charge in [-0.2, -0.15) is 0 Å². The molecule has 9 heteroatoms. The van der Waals surface area contributed by atoms with Gasteiger partial charge < -0.3 is 26.0 Å². The van der Waals surface area contributed by atoms with E-state index in [1.807, 2.05) is 13.8 Å². The van der Waals surface area contributed by atoms with E-state index in [-0.39, 0.29) is 18.5 Å². The molecule has 0 radical (unpaired) electrons. The molecule has 4 amide bonds. The Hall–Kier alpha value is -3.54. The van der Waals surface area contributed by atoms with Crippen LogP contribution in [0, 0.1) is 12.3 Å². The molecule has 1 aromatic rings. The van der Waals surface area contributed by atoms with Crippen LogP contribution in [0.5, 0.6) is 0 Å². The van der Waals surface area contributed by atoms with Gasteiger partial charge in [0.15, 0.2) is 0 Å². The number of hydrogen-bond donors (Lipinski definition) is 3. The number of nitrogens with one attached hydrogen (secondary N) is 2. The standard InChI is InChI=1S/C32H50N4O5/c1-8-11-12-13-14-17-21-36(30(39)26(22-27(33)37)35-31(40)41-32(5,6)7)28(29(38)34-23(4)18-9-2)25-20-16-15-19-24(25)10-3/h3,15-16,19-20,23,26,28H,8-9,11-14,17-18,21-22H2,1-2,4-7H3,(H2,33,37)(H,34,38)(H,35,40). The number of ether oxygens (including phenoxy) is 1. The minimum Gasteiger partial charge on any atom is -0.444 e. The third kappa shape index (κ3) is 13.1. The second-order valence-corrected chi connectivity index (χ2v) is 11.5. The molecule has 0 bridgehead atoms. The fourth-order valence-corrected chi connectivity index (χ4v) is 4.62. The molecule has 228 valence electrons. The summed E-state index contributed by atoms with van der Waals surface area (Å²) in [4.78, 5) is 54.2. The van der Waals surface area contributed by atoms with Crippen LogP contribution >= 0.6 is 0 Å². The van der Waals surface area contributed by atoms with E-state index in [9.17, 15) is 19.2 Å². The fourth-order valence-electron chi connectivity index (χ4n) is 4.62. The van der Waals surface area contributed by atoms with Crippen molar-refractivity contribution < 1.29 is 23.9 Å². The molecule has 1 rings (SSSR count). The number of unbranched alkanes of at least 4 members (excludes halogenated alkanes) is 5. The van der Waals surface area contributed by atoms with Crippen molar-refractivity contribution >= 4 is 23.8 Å². The number of amides is 4. The smallest absolute Gasteiger partial charge is 0.408 e. The average molecular weight is 571 g/mol. The van der Waals surface area contributed by atoms with Crippen LogP contribution in [0.2, 0.25) is 0 Å². The molecule has 0 aromatic heterocycles. The van der Waals surface area contributed by atoms with Gasteiger partial charge >= 0.3 is 6.09 Å². The molecule has 0 spiro atoms. The third-order valence-electron chi connectivity index (χ3n) is 6.51. The summed E-state index contributed by atoms with van der Waals surface area (Å²) in [6.07, 6.45) is 11.9. The topological polar surface area (TPSA) is 131 Å². The predicted octanol–water partition coefficient (Wildman–Crippen LogP) is 4.97. The number of nitrogens with two attached hydrogens (primary N) is 1. The number of primary amides is 1. The molecule has 4 N–H and O–H groups in total. The van der Waals surface area contributed by atoms with E-state index < -0.39 is 42.0 Å². The van der Waals surface area contributed by atoms with Gasteiger partial charge in [0.25, 0.3) is 0 Å². The molecule has 0 saturated carbocycles. The van der Waals surface area contributed by atoms with Crippen LogP contribution in [0.15, 0.2) is 24.3 Å². The maximum absolute atomic E-state index is 14.2. The second kappa shape index (κ2) is 18.0. The Bertz CT molecular complexity index is 1040. The molecule has 0 aliphatic rings. The largest absolute Gasteiger partial charge is 0.444 e. The number of hydrogen-bond acceptors (Lipinski definition) is 5. The summed E-state index contributed by atoms with van der Waals surface area (Å²) in [5, 5.41) is 5.54. The van der Waals surface area contributed by atoms with Crippen LogP contribution in [0.25, 0.3) is 0 Å². The molecule has 0 saturated heterocycles. The summed E-state index contributed by atoms with van der Waals surface area (Å²) in [7, 11) is 0. The first-order valence-electron chi connectivity index (χ1n) is 14.8. The lowest BCUT2D eigenvalue weighted by atomic mass is 9.96. The quantitative estimate of drug-likeness (QED) is 0.180. The molecule has 41 heavy (non-hydrogen) atoms. The van der Waals surface area contributed by atoms with E-state index in [1.165, 1.54) is 4.90 Å². The molecular formula is C32H50N4O5. The average Bonchev–Trinajstić information content (AvgIpc) is 2.88. The first-order chi connectivity index (χ1) is 19.3. The van der Waals surface area contributed by atoms with Crippen molar-refractivity contribution in [2.45, 2.75) is 123 Å². The van der Waals surface area contributed by atoms with Gasteiger partial charge in [0.05, 0.1) is 6.42 Å². The minimum atomic E-state index is -1.33. The van der Waals surface area contributed by atoms with Gasteiger partial charge in [-0.15, -0.1) is 6.42 Å². The van der Waals surface area contributed by atoms with Gasteiger partial charge in [0.1, 0.15) is 17.7 Å². The predicted molar refractivity (Wildman–Crippen MR) is 162 cm³/mol. The van der Waals surface area contributed by atoms with E-state index in [1.54, 1.807) is 45.0 Å². The molecule has 0 aliphatic carbocycles. The minimum absolute atomic E-state index is 0.139. The maximum Gasteiger partial charge on any atom is 0.408 e. The summed E-state index contributed by atoms with van der Waals surface area (Å²) >= 11 is 0. The third-order valence-corrected chi connectivity index (χ3v) is 6.51. The molecule has 3 atom stereocenters. The zero-order valence-corrected chi connectivity index (χ0v) is 25.8. The van der Waals surface area contributed by atoms with Gasteiger partial charge in [-0.3, -0.25) is 14.4 Å². The van der Waals surface area contributed by atoms with Crippen LogP contribution in [-0.2, 0) is 19.1 Å². The highest BCUT2D eigenvalue weighted by Gasteiger charge is 2.37. The highest BCUT2D eigenvalue weighted by molar-refractivity contribution is 5.94. The van der Waals surface area contributed by atoms with E-state index in [0.29, 0.717) is 17.5 Å². The summed E-state index contributed by atoms with van der Waals surface area (Å²) < 4.78 is 5.35. The number of nitrogens with zero attached hydrogens (tertiary/aromatic N) is 1. The van der Waals surface area contributed by atoms with Crippen molar-refractivity contribution in [3.63, 3.8) is 0 Å². The van der Waals surface area contributed by atoms with Crippen molar-refractivity contribution in [1.82, 2.24) is 15.5 Å². The normalized spacial score (nSPS) is 13.3. The molecule has 0 heterocycles. The van der Waals surface area contributed by atoms with Crippen molar-refractivity contribution in [1.29, 1.82) is 0 Å². The van der Waals surface area contributed by atoms with Crippen molar-refractivity contribution in [3.8, 4) is 12.3 Å². The number of terminal acetylenes is 1. The highest BCUT2D eigenvalue weighted by Crippen LogP contribution is 2.27. The van der Waals surface area contributed by atoms with Crippen LogP contribution in [0.1, 0.15) is 116 Å². The zero-order chi connectivity index (χ0) is 31.0. The fraction of sp³-hybridized carbons (Fsp3) is 0.625. The molecular weight excluding hydrogens is 520 g/mol. The van der Waals surface area contributed by atoms with Crippen molar-refractivity contribution in [2.24, 2.45) is 5.73 Å². The van der Waals surface area contributed by atoms with E-state index in [2.05, 4.69) is 23.5 Å². The molecule has 0 fully saturated rings. The lowest BCUT2D eigenvalue weighted by Gasteiger charge is -2.35. The maximum atomic E-state index is 14.2. The monoisotopic (exact) mass is 570 g/mol. The Morgan fingerprint density at radius 2 is 1.63 bits per heavy atom. The van der Waals surface area contributed by atoms with Crippen molar-refractivity contribution in [3.05, 3.63) is 35.4 Å². The van der Waals surface area contributed by atoms with Crippen LogP contribution in [0.3, 0.4) is 0 Å². The zero-order valence-electron chi connectivity index (χ0n) is 25.8. The molecule has 3 unspecified atom stereocenters. The first kappa shape index (κ1) is 35.5. The van der Waals surface area contributed by atoms with Gasteiger partial charge in [-0.05, 0) is 52.2 Å². The Balaban J connectivity index is 3.57. The van der Waals surface area contributed by atoms with E-state index >= 15 is 0 Å². The molecule has 1 aromatic carbocycles. The summed E-state index contributed by atoms with van der Waals surface area (Å²) in [6.45, 7) is 11.4. The van der Waals surface area contributed by atoms with Gasteiger partial charge in [-0.25, -0.2) is 4.79 Å². The van der Waals surface area contributed by atoms with Gasteiger partial charge in [0, 0.05) is 18.2 Å². The van der Waals surface area contributed by atoms with Crippen molar-refractivity contribution in [2.75, 3.05) is 6.54 Å². The summed E-state index contributed by atoms with van der Waals surface area (Å²) in [5.74, 6) is 0.855. The Morgan fingerprint density at radius 3 is 2.22 bits per heavy atom. The first-order valence-corrected chi connectivity index (χ1v) is 14.8. The molecule has 9 nitrogen and oxygen atoms in total. The summed E-state index contributed by atoms with van der Waals surface area (Å²) in [6, 6.07) is 4.44. The lowest BCUT2D eigenvalue weighted by molar-refractivity contribution is -0.143. The SMILES string of the molecule is C#Cc1ccccc1C(C(=O)NC(C)CCC)N(CCCCCCCC)C(=O)C(CC(N)=O)NC(=O)OC(C)(C)C. The van der Waals surface area contributed by atoms with Crippen LogP contribution < -0.4 is 16.4 Å². The summed E-state index contributed by atoms with van der Waals surface area (Å²) in [5.41, 5.74) is 5.63. The Labute approximate surface area is 246 Å². The van der Waals surface area contributed by atoms with Gasteiger partial charge in [-0.1, -0.05) is 76.5 Å². The number of rotatable bonds is 17.